The van der Waals surface area contributed by atoms with E-state index in [1.807, 2.05) is 6.07 Å². The van der Waals surface area contributed by atoms with Crippen molar-refractivity contribution in [3.8, 4) is 0 Å². The Bertz CT molecular complexity index is 647. The molecule has 0 saturated heterocycles. The summed E-state index contributed by atoms with van der Waals surface area (Å²) in [6, 6.07) is 1.89. The summed E-state index contributed by atoms with van der Waals surface area (Å²) in [7, 11) is 0. The van der Waals surface area contributed by atoms with E-state index in [0.717, 1.165) is 5.56 Å². The standard InChI is InChI=1S/C16H22N4O4/c1-4-17-14(21)11-8-10-6-5-7-18-13(10)20(11)15(22)12(9(2)3)19-16(23)24/h5-7,9,11-12,19H,4,8H2,1-3H3,(H,17,21)(H,23,24)/t11?,12-/m0/s1. The Hall–Kier alpha value is -2.64. The van der Waals surface area contributed by atoms with Crippen LogP contribution in [0.2, 0.25) is 0 Å². The fraction of sp³-hybridized carbons (Fsp3) is 0.500. The number of carbonyl (C=O) groups is 3. The average Bonchev–Trinajstić information content (AvgIpc) is 2.91. The number of hydrogen-bond donors (Lipinski definition) is 3. The molecule has 24 heavy (non-hydrogen) atoms. The van der Waals surface area contributed by atoms with Crippen molar-refractivity contribution < 1.29 is 19.5 Å². The Labute approximate surface area is 140 Å². The van der Waals surface area contributed by atoms with Gasteiger partial charge in [0.1, 0.15) is 17.9 Å². The van der Waals surface area contributed by atoms with Gasteiger partial charge in [-0.25, -0.2) is 9.78 Å². The predicted octanol–water partition coefficient (Wildman–Crippen LogP) is 0.768. The number of nitrogens with zero attached hydrogens (tertiary/aromatic N) is 2. The van der Waals surface area contributed by atoms with Crippen molar-refractivity contribution in [3.05, 3.63) is 23.9 Å². The second kappa shape index (κ2) is 7.29. The number of carboxylic acid groups (broad SMARTS) is 1. The largest absolute Gasteiger partial charge is 0.465 e. The number of anilines is 1. The molecule has 0 bridgehead atoms. The van der Waals surface area contributed by atoms with Gasteiger partial charge >= 0.3 is 6.09 Å². The van der Waals surface area contributed by atoms with Crippen molar-refractivity contribution in [1.82, 2.24) is 15.6 Å². The SMILES string of the molecule is CCNC(=O)C1Cc2cccnc2N1C(=O)[C@@H](NC(=O)O)C(C)C. The zero-order valence-corrected chi connectivity index (χ0v) is 13.9. The maximum absolute atomic E-state index is 13.0. The van der Waals surface area contributed by atoms with Crippen LogP contribution in [0.5, 0.6) is 0 Å². The number of nitrogens with one attached hydrogen (secondary N) is 2. The maximum Gasteiger partial charge on any atom is 0.405 e. The molecule has 1 unspecified atom stereocenters. The molecule has 0 spiro atoms. The third-order valence-electron chi connectivity index (χ3n) is 3.92. The van der Waals surface area contributed by atoms with Crippen LogP contribution in [0.1, 0.15) is 26.3 Å². The van der Waals surface area contributed by atoms with Gasteiger partial charge in [0.15, 0.2) is 0 Å². The van der Waals surface area contributed by atoms with Gasteiger partial charge in [0, 0.05) is 19.2 Å². The third kappa shape index (κ3) is 3.47. The molecule has 2 atom stereocenters. The predicted molar refractivity (Wildman–Crippen MR) is 87.7 cm³/mol. The van der Waals surface area contributed by atoms with E-state index in [-0.39, 0.29) is 11.8 Å². The maximum atomic E-state index is 13.0. The van der Waals surface area contributed by atoms with Gasteiger partial charge in [-0.1, -0.05) is 19.9 Å². The molecule has 1 aromatic heterocycles. The molecule has 3 N–H and O–H groups in total. The van der Waals surface area contributed by atoms with Gasteiger partial charge in [0.25, 0.3) is 5.91 Å². The van der Waals surface area contributed by atoms with Gasteiger partial charge in [-0.15, -0.1) is 0 Å². The summed E-state index contributed by atoms with van der Waals surface area (Å²) < 4.78 is 0. The van der Waals surface area contributed by atoms with Gasteiger partial charge in [-0.2, -0.15) is 0 Å². The van der Waals surface area contributed by atoms with E-state index in [1.165, 1.54) is 4.90 Å². The number of rotatable bonds is 5. The lowest BCUT2D eigenvalue weighted by molar-refractivity contribution is -0.127. The van der Waals surface area contributed by atoms with E-state index in [9.17, 15) is 14.4 Å². The molecular weight excluding hydrogens is 312 g/mol. The summed E-state index contributed by atoms with van der Waals surface area (Å²) in [4.78, 5) is 41.9. The molecule has 0 radical (unpaired) electrons. The Balaban J connectivity index is 2.39. The van der Waals surface area contributed by atoms with Crippen molar-refractivity contribution in [3.63, 3.8) is 0 Å². The van der Waals surface area contributed by atoms with Crippen molar-refractivity contribution in [2.45, 2.75) is 39.3 Å². The molecule has 3 amide bonds. The second-order valence-electron chi connectivity index (χ2n) is 5.98. The Morgan fingerprint density at radius 1 is 1.42 bits per heavy atom. The summed E-state index contributed by atoms with van der Waals surface area (Å²) in [5, 5.41) is 14.0. The smallest absolute Gasteiger partial charge is 0.405 e. The zero-order valence-electron chi connectivity index (χ0n) is 13.9. The number of carbonyl (C=O) groups excluding carboxylic acids is 2. The molecule has 130 valence electrons. The van der Waals surface area contributed by atoms with E-state index < -0.39 is 24.1 Å². The van der Waals surface area contributed by atoms with Crippen LogP contribution >= 0.6 is 0 Å². The molecule has 1 aromatic rings. The number of hydrogen-bond acceptors (Lipinski definition) is 4. The molecule has 0 saturated carbocycles. The van der Waals surface area contributed by atoms with Crippen LogP contribution < -0.4 is 15.5 Å². The van der Waals surface area contributed by atoms with Crippen molar-refractivity contribution in [1.29, 1.82) is 0 Å². The van der Waals surface area contributed by atoms with Crippen molar-refractivity contribution >= 4 is 23.7 Å². The van der Waals surface area contributed by atoms with Crippen LogP contribution in [-0.2, 0) is 16.0 Å². The summed E-state index contributed by atoms with van der Waals surface area (Å²) in [5.74, 6) is -0.601. The summed E-state index contributed by atoms with van der Waals surface area (Å²) in [5.41, 5.74) is 0.792. The van der Waals surface area contributed by atoms with Crippen molar-refractivity contribution in [2.24, 2.45) is 5.92 Å². The Morgan fingerprint density at radius 2 is 2.12 bits per heavy atom. The summed E-state index contributed by atoms with van der Waals surface area (Å²) >= 11 is 0. The number of likely N-dealkylation sites (N-methyl/N-ethyl adjacent to an activating group) is 1. The first-order chi connectivity index (χ1) is 11.4. The minimum atomic E-state index is -1.28. The zero-order chi connectivity index (χ0) is 17.9. The fourth-order valence-corrected chi connectivity index (χ4v) is 2.81. The van der Waals surface area contributed by atoms with E-state index in [1.54, 1.807) is 33.0 Å². The van der Waals surface area contributed by atoms with Crippen LogP contribution in [0.15, 0.2) is 18.3 Å². The number of aromatic nitrogens is 1. The highest BCUT2D eigenvalue weighted by Gasteiger charge is 2.42. The van der Waals surface area contributed by atoms with Crippen LogP contribution in [-0.4, -0.2) is 46.6 Å². The number of fused-ring (bicyclic) bond motifs is 1. The normalized spacial score (nSPS) is 17.3. The lowest BCUT2D eigenvalue weighted by Gasteiger charge is -2.29. The highest BCUT2D eigenvalue weighted by atomic mass is 16.4. The molecule has 0 aliphatic carbocycles. The quantitative estimate of drug-likeness (QED) is 0.736. The van der Waals surface area contributed by atoms with Gasteiger partial charge in [-0.05, 0) is 24.5 Å². The number of amides is 3. The Kier molecular flexibility index (Phi) is 5.38. The molecule has 8 nitrogen and oxygen atoms in total. The summed E-state index contributed by atoms with van der Waals surface area (Å²) in [6.45, 7) is 5.74. The first-order valence-electron chi connectivity index (χ1n) is 7.91. The highest BCUT2D eigenvalue weighted by Crippen LogP contribution is 2.31. The molecular formula is C16H22N4O4. The lowest BCUT2D eigenvalue weighted by Crippen LogP contribution is -2.56. The van der Waals surface area contributed by atoms with E-state index in [2.05, 4.69) is 15.6 Å². The van der Waals surface area contributed by atoms with Crippen molar-refractivity contribution in [2.75, 3.05) is 11.4 Å². The minimum Gasteiger partial charge on any atom is -0.465 e. The average molecular weight is 334 g/mol. The molecule has 1 aliphatic heterocycles. The van der Waals surface area contributed by atoms with E-state index in [0.29, 0.717) is 18.8 Å². The molecule has 0 aromatic carbocycles. The first-order valence-corrected chi connectivity index (χ1v) is 7.91. The van der Waals surface area contributed by atoms with E-state index >= 15 is 0 Å². The lowest BCUT2D eigenvalue weighted by atomic mass is 10.0. The molecule has 1 aliphatic rings. The summed E-state index contributed by atoms with van der Waals surface area (Å²) in [6.07, 6.45) is 0.629. The van der Waals surface area contributed by atoms with Crippen LogP contribution in [0, 0.1) is 5.92 Å². The third-order valence-corrected chi connectivity index (χ3v) is 3.92. The minimum absolute atomic E-state index is 0.267. The molecule has 2 rings (SSSR count). The van der Waals surface area contributed by atoms with Gasteiger partial charge in [0.05, 0.1) is 0 Å². The van der Waals surface area contributed by atoms with Gasteiger partial charge in [-0.3, -0.25) is 14.5 Å². The van der Waals surface area contributed by atoms with Crippen LogP contribution in [0.3, 0.4) is 0 Å². The monoisotopic (exact) mass is 334 g/mol. The van der Waals surface area contributed by atoms with E-state index in [4.69, 9.17) is 5.11 Å². The topological polar surface area (TPSA) is 112 Å². The first kappa shape index (κ1) is 17.7. The molecule has 8 heteroatoms. The van der Waals surface area contributed by atoms with Gasteiger partial charge < -0.3 is 15.7 Å². The fourth-order valence-electron chi connectivity index (χ4n) is 2.81. The van der Waals surface area contributed by atoms with Crippen LogP contribution in [0.25, 0.3) is 0 Å². The van der Waals surface area contributed by atoms with Gasteiger partial charge in [0.2, 0.25) is 5.91 Å². The molecule has 0 fully saturated rings. The second-order valence-corrected chi connectivity index (χ2v) is 5.98. The Morgan fingerprint density at radius 3 is 2.71 bits per heavy atom. The van der Waals surface area contributed by atoms with Crippen LogP contribution in [0.4, 0.5) is 10.6 Å². The number of pyridine rings is 1. The highest BCUT2D eigenvalue weighted by molar-refractivity contribution is 6.05. The molecule has 2 heterocycles.